The molecule has 0 unspecified atom stereocenters. The van der Waals surface area contributed by atoms with Crippen LogP contribution in [0.4, 0.5) is 0 Å². The van der Waals surface area contributed by atoms with Gasteiger partial charge >= 0.3 is 0 Å². The molecule has 0 N–H and O–H groups in total. The van der Waals surface area contributed by atoms with Crippen molar-refractivity contribution in [3.63, 3.8) is 0 Å². The van der Waals surface area contributed by atoms with E-state index in [1.165, 1.54) is 37.9 Å². The highest BCUT2D eigenvalue weighted by Gasteiger charge is 2.23. The van der Waals surface area contributed by atoms with Crippen molar-refractivity contribution in [3.05, 3.63) is 145 Å². The monoisotopic (exact) mass is 525 g/mol. The Balaban J connectivity index is 1.31. The zero-order chi connectivity index (χ0) is 31.3. The van der Waals surface area contributed by atoms with Crippen molar-refractivity contribution in [2.24, 2.45) is 0 Å². The molecule has 9 rings (SSSR count). The van der Waals surface area contributed by atoms with Gasteiger partial charge < -0.3 is 4.74 Å². The summed E-state index contributed by atoms with van der Waals surface area (Å²) in [6.45, 7) is 0. The molecule has 0 radical (unpaired) electrons. The number of fused-ring (bicyclic) bond motifs is 6. The van der Waals surface area contributed by atoms with Gasteiger partial charge in [0.2, 0.25) is 0 Å². The van der Waals surface area contributed by atoms with E-state index in [1.807, 2.05) is 18.2 Å². The Morgan fingerprint density at radius 1 is 0.439 bits per heavy atom. The molecule has 1 aliphatic heterocycles. The zero-order valence-electron chi connectivity index (χ0n) is 26.9. The lowest BCUT2D eigenvalue weighted by Crippen LogP contribution is -1.98. The third kappa shape index (κ3) is 3.30. The number of ether oxygens (including phenoxy) is 1. The van der Waals surface area contributed by atoms with Crippen molar-refractivity contribution in [2.45, 2.75) is 0 Å². The van der Waals surface area contributed by atoms with Crippen LogP contribution in [0.3, 0.4) is 0 Å². The first-order valence-corrected chi connectivity index (χ1v) is 13.7. The Labute approximate surface area is 244 Å². The summed E-state index contributed by atoms with van der Waals surface area (Å²) in [5.74, 6) is 1.30. The summed E-state index contributed by atoms with van der Waals surface area (Å²) in [6.07, 6.45) is 0. The van der Waals surface area contributed by atoms with Crippen LogP contribution in [0.15, 0.2) is 145 Å². The minimum atomic E-state index is -0.406. The number of rotatable bonds is 2. The van der Waals surface area contributed by atoms with Crippen molar-refractivity contribution in [3.8, 4) is 44.9 Å². The summed E-state index contributed by atoms with van der Waals surface area (Å²) in [7, 11) is 0. The lowest BCUT2D eigenvalue weighted by atomic mass is 9.85. The van der Waals surface area contributed by atoms with Gasteiger partial charge in [0, 0.05) is 10.9 Å². The molecule has 0 spiro atoms. The van der Waals surface area contributed by atoms with Crippen LogP contribution in [0.25, 0.3) is 76.5 Å². The lowest BCUT2D eigenvalue weighted by molar-refractivity contribution is 0.487. The number of hydrogen-bond acceptors (Lipinski definition) is 1. The maximum absolute atomic E-state index is 8.48. The van der Waals surface area contributed by atoms with Crippen molar-refractivity contribution < 1.29 is 11.6 Å². The van der Waals surface area contributed by atoms with Gasteiger partial charge in [-0.25, -0.2) is 0 Å². The largest absolute Gasteiger partial charge is 0.456 e. The zero-order valence-corrected chi connectivity index (χ0v) is 21.9. The number of hydrogen-bond donors (Lipinski definition) is 0. The molecule has 0 fully saturated rings. The highest BCUT2D eigenvalue weighted by atomic mass is 16.5. The van der Waals surface area contributed by atoms with Crippen LogP contribution in [-0.2, 0) is 0 Å². The van der Waals surface area contributed by atoms with Crippen LogP contribution in [0.5, 0.6) is 11.5 Å². The highest BCUT2D eigenvalue weighted by Crippen LogP contribution is 2.51. The van der Waals surface area contributed by atoms with E-state index >= 15 is 0 Å². The van der Waals surface area contributed by atoms with Gasteiger partial charge in [-0.1, -0.05) is 115 Å². The second kappa shape index (κ2) is 8.55. The van der Waals surface area contributed by atoms with E-state index in [9.17, 15) is 0 Å². The first-order chi connectivity index (χ1) is 22.4. The molecule has 0 aliphatic carbocycles. The SMILES string of the molecule is [2H]c1c([2H])c([2H])c(-c2ccc3c(c2)Oc2ccc(-c4c5ccccc5cc5ccc6ccccc6c45)c4cccc-3c24)c([2H])c1[2H]. The van der Waals surface area contributed by atoms with E-state index in [0.29, 0.717) is 11.3 Å². The molecule has 8 aromatic rings. The van der Waals surface area contributed by atoms with Gasteiger partial charge in [-0.15, -0.1) is 0 Å². The fourth-order valence-electron chi connectivity index (χ4n) is 6.52. The van der Waals surface area contributed by atoms with Crippen LogP contribution < -0.4 is 4.74 Å². The van der Waals surface area contributed by atoms with Gasteiger partial charge in [0.05, 0.1) is 6.85 Å². The average Bonchev–Trinajstić information content (AvgIpc) is 3.09. The molecule has 190 valence electrons. The number of benzene rings is 8. The van der Waals surface area contributed by atoms with Crippen LogP contribution in [0.1, 0.15) is 6.85 Å². The highest BCUT2D eigenvalue weighted by molar-refractivity contribution is 6.25. The van der Waals surface area contributed by atoms with E-state index in [-0.39, 0.29) is 29.7 Å². The van der Waals surface area contributed by atoms with Crippen molar-refractivity contribution in [2.75, 3.05) is 0 Å². The molecule has 8 aromatic carbocycles. The second-order valence-electron chi connectivity index (χ2n) is 10.5. The molecule has 1 heteroatoms. The van der Waals surface area contributed by atoms with E-state index in [4.69, 9.17) is 11.6 Å². The molecule has 0 aromatic heterocycles. The van der Waals surface area contributed by atoms with Gasteiger partial charge in [-0.05, 0) is 95.9 Å². The maximum Gasteiger partial charge on any atom is 0.135 e. The van der Waals surface area contributed by atoms with Gasteiger partial charge in [0.15, 0.2) is 0 Å². The van der Waals surface area contributed by atoms with Crippen molar-refractivity contribution in [1.29, 1.82) is 0 Å². The summed E-state index contributed by atoms with van der Waals surface area (Å²) >= 11 is 0. The smallest absolute Gasteiger partial charge is 0.135 e. The summed E-state index contributed by atoms with van der Waals surface area (Å²) in [4.78, 5) is 0. The van der Waals surface area contributed by atoms with Gasteiger partial charge in [-0.2, -0.15) is 0 Å². The molecular formula is C40H24O. The Hall–Kier alpha value is -5.40. The van der Waals surface area contributed by atoms with E-state index in [0.717, 1.165) is 33.2 Å². The first kappa shape index (κ1) is 18.0. The average molecular weight is 526 g/mol. The van der Waals surface area contributed by atoms with Gasteiger partial charge in [0.1, 0.15) is 11.5 Å². The molecule has 1 aliphatic rings. The second-order valence-corrected chi connectivity index (χ2v) is 10.5. The predicted molar refractivity (Wildman–Crippen MR) is 173 cm³/mol. The third-order valence-electron chi connectivity index (χ3n) is 8.30. The summed E-state index contributed by atoms with van der Waals surface area (Å²) in [5.41, 5.74) is 4.90. The molecule has 1 nitrogen and oxygen atoms in total. The molecule has 41 heavy (non-hydrogen) atoms. The molecule has 1 heterocycles. The van der Waals surface area contributed by atoms with Gasteiger partial charge in [0.25, 0.3) is 0 Å². The Morgan fingerprint density at radius 2 is 1.20 bits per heavy atom. The molecule has 0 atom stereocenters. The topological polar surface area (TPSA) is 9.23 Å². The maximum atomic E-state index is 8.48. The van der Waals surface area contributed by atoms with Crippen LogP contribution in [-0.4, -0.2) is 0 Å². The molecule has 0 bridgehead atoms. The Bertz CT molecular complexity index is 2600. The molecular weight excluding hydrogens is 496 g/mol. The Morgan fingerprint density at radius 3 is 2.10 bits per heavy atom. The lowest BCUT2D eigenvalue weighted by Gasteiger charge is -2.24. The van der Waals surface area contributed by atoms with E-state index in [2.05, 4.69) is 91.0 Å². The molecule has 0 amide bonds. The normalized spacial score (nSPS) is 13.8. The van der Waals surface area contributed by atoms with Crippen LogP contribution in [0.2, 0.25) is 0 Å². The molecule has 0 saturated carbocycles. The van der Waals surface area contributed by atoms with Crippen LogP contribution in [0, 0.1) is 0 Å². The van der Waals surface area contributed by atoms with Crippen molar-refractivity contribution in [1.82, 2.24) is 0 Å². The molecule has 0 saturated heterocycles. The quantitative estimate of drug-likeness (QED) is 0.161. The minimum absolute atomic E-state index is 0.159. The summed E-state index contributed by atoms with van der Waals surface area (Å²) in [6, 6.07) is 38.2. The first-order valence-electron chi connectivity index (χ1n) is 16.2. The summed E-state index contributed by atoms with van der Waals surface area (Å²) in [5, 5.41) is 9.29. The van der Waals surface area contributed by atoms with Crippen LogP contribution >= 0.6 is 0 Å². The van der Waals surface area contributed by atoms with Gasteiger partial charge in [-0.3, -0.25) is 0 Å². The fraction of sp³-hybridized carbons (Fsp3) is 0. The van der Waals surface area contributed by atoms with E-state index < -0.39 is 6.04 Å². The predicted octanol–water partition coefficient (Wildman–Crippen LogP) is 11.4. The Kier molecular flexibility index (Phi) is 3.76. The summed E-state index contributed by atoms with van der Waals surface area (Å²) < 4.78 is 47.8. The standard InChI is InChI=1S/C40H24O/c1-2-9-25(10-3-1)27-19-20-32-33-15-8-16-34-35(21-22-36(39(33)34)41-37(32)24-27)40-31-14-7-5-12-28(31)23-29-18-17-26-11-4-6-13-30(26)38(29)40/h1-24H/i1D,2D,3D,9D,10D. The third-order valence-corrected chi connectivity index (χ3v) is 8.30. The van der Waals surface area contributed by atoms with Crippen molar-refractivity contribution >= 4 is 43.1 Å². The minimum Gasteiger partial charge on any atom is -0.456 e. The fourth-order valence-corrected chi connectivity index (χ4v) is 6.52. The van der Waals surface area contributed by atoms with E-state index in [1.54, 1.807) is 6.07 Å².